The molecular weight excluding hydrogens is 114 g/mol. The summed E-state index contributed by atoms with van der Waals surface area (Å²) in [4.78, 5) is 9.64. The van der Waals surface area contributed by atoms with E-state index >= 15 is 0 Å². The Morgan fingerprint density at radius 1 is 1.56 bits per heavy atom. The summed E-state index contributed by atoms with van der Waals surface area (Å²) in [7, 11) is 3.83. The molecular formula is C6H8N3. The van der Waals surface area contributed by atoms with E-state index in [1.165, 1.54) is 6.20 Å². The molecule has 0 spiro atoms. The molecule has 1 heterocycles. The number of anilines is 1. The van der Waals surface area contributed by atoms with E-state index in [2.05, 4.69) is 16.2 Å². The molecule has 3 nitrogen and oxygen atoms in total. The van der Waals surface area contributed by atoms with Crippen molar-refractivity contribution in [2.24, 2.45) is 0 Å². The maximum Gasteiger partial charge on any atom is 0.147 e. The monoisotopic (exact) mass is 122 g/mol. The van der Waals surface area contributed by atoms with E-state index in [1.807, 2.05) is 19.0 Å². The van der Waals surface area contributed by atoms with E-state index in [0.29, 0.717) is 0 Å². The first-order valence-electron chi connectivity index (χ1n) is 2.66. The molecule has 0 aliphatic heterocycles. The standard InChI is InChI=1S/C6H8N3/c1-9(2)6-5-7-3-4-8-6/h3,5H,1-2H3. The summed E-state index contributed by atoms with van der Waals surface area (Å²) in [5.41, 5.74) is 0. The number of nitrogens with zero attached hydrogens (tertiary/aromatic N) is 3. The summed E-state index contributed by atoms with van der Waals surface area (Å²) in [6.07, 6.45) is 5.87. The van der Waals surface area contributed by atoms with Gasteiger partial charge < -0.3 is 4.90 Å². The summed E-state index contributed by atoms with van der Waals surface area (Å²) in [5.74, 6) is 0.831. The van der Waals surface area contributed by atoms with Gasteiger partial charge in [-0.3, -0.25) is 4.98 Å². The van der Waals surface area contributed by atoms with Crippen LogP contribution in [0.15, 0.2) is 12.4 Å². The van der Waals surface area contributed by atoms with E-state index in [9.17, 15) is 0 Å². The topological polar surface area (TPSA) is 29.0 Å². The first-order valence-corrected chi connectivity index (χ1v) is 2.66. The highest BCUT2D eigenvalue weighted by Gasteiger charge is 1.91. The van der Waals surface area contributed by atoms with Crippen molar-refractivity contribution in [3.05, 3.63) is 18.6 Å². The van der Waals surface area contributed by atoms with Crippen LogP contribution in [0.1, 0.15) is 0 Å². The predicted molar refractivity (Wildman–Crippen MR) is 35.2 cm³/mol. The molecule has 0 saturated heterocycles. The summed E-state index contributed by atoms with van der Waals surface area (Å²) in [6.45, 7) is 0. The predicted octanol–water partition coefficient (Wildman–Crippen LogP) is 0.343. The molecule has 1 aromatic heterocycles. The quantitative estimate of drug-likeness (QED) is 0.538. The summed E-state index contributed by atoms with van der Waals surface area (Å²) in [5, 5.41) is 0. The van der Waals surface area contributed by atoms with Crippen molar-refractivity contribution < 1.29 is 0 Å². The molecule has 0 N–H and O–H groups in total. The Labute approximate surface area is 54.4 Å². The van der Waals surface area contributed by atoms with Crippen LogP contribution in [0.4, 0.5) is 5.82 Å². The summed E-state index contributed by atoms with van der Waals surface area (Å²) >= 11 is 0. The molecule has 0 unspecified atom stereocenters. The maximum atomic E-state index is 3.92. The molecule has 1 radical (unpaired) electrons. The van der Waals surface area contributed by atoms with Crippen molar-refractivity contribution in [2.75, 3.05) is 19.0 Å². The van der Waals surface area contributed by atoms with Gasteiger partial charge >= 0.3 is 0 Å². The van der Waals surface area contributed by atoms with Crippen LogP contribution in [-0.4, -0.2) is 24.1 Å². The van der Waals surface area contributed by atoms with Gasteiger partial charge in [0.05, 0.1) is 12.4 Å². The molecule has 0 aromatic carbocycles. The molecule has 47 valence electrons. The number of rotatable bonds is 1. The van der Waals surface area contributed by atoms with E-state index in [1.54, 1.807) is 6.20 Å². The lowest BCUT2D eigenvalue weighted by Crippen LogP contribution is -2.10. The summed E-state index contributed by atoms with van der Waals surface area (Å²) < 4.78 is 0. The van der Waals surface area contributed by atoms with E-state index in [0.717, 1.165) is 5.82 Å². The van der Waals surface area contributed by atoms with Crippen molar-refractivity contribution >= 4 is 5.82 Å². The molecule has 0 aliphatic carbocycles. The van der Waals surface area contributed by atoms with Crippen LogP contribution in [0.2, 0.25) is 0 Å². The first-order chi connectivity index (χ1) is 4.30. The fraction of sp³-hybridized carbons (Fsp3) is 0.333. The average molecular weight is 122 g/mol. The zero-order chi connectivity index (χ0) is 6.69. The fourth-order valence-corrected chi connectivity index (χ4v) is 0.477. The molecule has 0 atom stereocenters. The molecule has 0 fully saturated rings. The smallest absolute Gasteiger partial charge is 0.147 e. The van der Waals surface area contributed by atoms with Crippen LogP contribution < -0.4 is 4.90 Å². The minimum atomic E-state index is 0.831. The SMILES string of the molecule is CN(C)c1cnc[c]n1. The Kier molecular flexibility index (Phi) is 1.63. The Morgan fingerprint density at radius 2 is 2.33 bits per heavy atom. The van der Waals surface area contributed by atoms with E-state index in [4.69, 9.17) is 0 Å². The molecule has 9 heavy (non-hydrogen) atoms. The van der Waals surface area contributed by atoms with Crippen LogP contribution >= 0.6 is 0 Å². The molecule has 1 rings (SSSR count). The molecule has 0 saturated carbocycles. The van der Waals surface area contributed by atoms with Gasteiger partial charge in [0.25, 0.3) is 0 Å². The van der Waals surface area contributed by atoms with Crippen LogP contribution in [0.3, 0.4) is 0 Å². The largest absolute Gasteiger partial charge is 0.361 e. The van der Waals surface area contributed by atoms with Crippen molar-refractivity contribution in [1.82, 2.24) is 9.97 Å². The minimum Gasteiger partial charge on any atom is -0.361 e. The van der Waals surface area contributed by atoms with E-state index < -0.39 is 0 Å². The van der Waals surface area contributed by atoms with Gasteiger partial charge in [0.1, 0.15) is 12.0 Å². The Morgan fingerprint density at radius 3 is 2.67 bits per heavy atom. The third-order valence-electron chi connectivity index (χ3n) is 0.960. The Balaban J connectivity index is 2.85. The Bertz CT molecular complexity index is 171. The second-order valence-electron chi connectivity index (χ2n) is 1.90. The highest BCUT2D eigenvalue weighted by Crippen LogP contribution is 1.99. The molecule has 0 aliphatic rings. The number of hydrogen-bond donors (Lipinski definition) is 0. The summed E-state index contributed by atoms with van der Waals surface area (Å²) in [6, 6.07) is 0. The van der Waals surface area contributed by atoms with Crippen molar-refractivity contribution in [1.29, 1.82) is 0 Å². The fourth-order valence-electron chi connectivity index (χ4n) is 0.477. The van der Waals surface area contributed by atoms with E-state index in [-0.39, 0.29) is 0 Å². The lowest BCUT2D eigenvalue weighted by Gasteiger charge is -2.07. The zero-order valence-corrected chi connectivity index (χ0v) is 5.50. The van der Waals surface area contributed by atoms with Crippen LogP contribution in [-0.2, 0) is 0 Å². The van der Waals surface area contributed by atoms with Gasteiger partial charge in [-0.15, -0.1) is 0 Å². The highest BCUT2D eigenvalue weighted by atomic mass is 15.1. The minimum absolute atomic E-state index is 0.831. The zero-order valence-electron chi connectivity index (χ0n) is 5.50. The normalized spacial score (nSPS) is 9.11. The van der Waals surface area contributed by atoms with Gasteiger partial charge in [-0.05, 0) is 0 Å². The molecule has 3 heteroatoms. The number of hydrogen-bond acceptors (Lipinski definition) is 3. The first kappa shape index (κ1) is 6.01. The van der Waals surface area contributed by atoms with Crippen molar-refractivity contribution in [2.45, 2.75) is 0 Å². The van der Waals surface area contributed by atoms with Crippen molar-refractivity contribution in [3.8, 4) is 0 Å². The van der Waals surface area contributed by atoms with Gasteiger partial charge in [-0.25, -0.2) is 4.98 Å². The molecule has 0 bridgehead atoms. The van der Waals surface area contributed by atoms with Gasteiger partial charge in [-0.1, -0.05) is 0 Å². The molecule has 1 aromatic rings. The van der Waals surface area contributed by atoms with Gasteiger partial charge in [0, 0.05) is 14.1 Å². The van der Waals surface area contributed by atoms with Crippen molar-refractivity contribution in [3.63, 3.8) is 0 Å². The number of aromatic nitrogens is 2. The Hall–Kier alpha value is -1.12. The highest BCUT2D eigenvalue weighted by molar-refractivity contribution is 5.31. The third-order valence-corrected chi connectivity index (χ3v) is 0.960. The third kappa shape index (κ3) is 1.38. The van der Waals surface area contributed by atoms with Gasteiger partial charge in [0.15, 0.2) is 0 Å². The second kappa shape index (κ2) is 2.44. The molecule has 0 amide bonds. The second-order valence-corrected chi connectivity index (χ2v) is 1.90. The van der Waals surface area contributed by atoms with Crippen LogP contribution in [0.25, 0.3) is 0 Å². The van der Waals surface area contributed by atoms with Crippen LogP contribution in [0.5, 0.6) is 0 Å². The lowest BCUT2D eigenvalue weighted by atomic mass is 10.6. The maximum absolute atomic E-state index is 3.92. The lowest BCUT2D eigenvalue weighted by molar-refractivity contribution is 1.04. The average Bonchev–Trinajstić information content (AvgIpc) is 1.90. The van der Waals surface area contributed by atoms with Gasteiger partial charge in [0.2, 0.25) is 0 Å². The van der Waals surface area contributed by atoms with Gasteiger partial charge in [-0.2, -0.15) is 0 Å². The van der Waals surface area contributed by atoms with Crippen LogP contribution in [0, 0.1) is 6.20 Å².